The first-order valence-corrected chi connectivity index (χ1v) is 15.7. The largest absolute Gasteiger partial charge is 0.452 e. The van der Waals surface area contributed by atoms with Crippen LogP contribution in [0.5, 0.6) is 0 Å². The molecule has 0 unspecified atom stereocenters. The van der Waals surface area contributed by atoms with Crippen LogP contribution in [0.1, 0.15) is 52.9 Å². The van der Waals surface area contributed by atoms with E-state index in [1.165, 1.54) is 12.1 Å². The molecule has 0 saturated carbocycles. The molecule has 3 aliphatic carbocycles. The number of rotatable bonds is 8. The normalized spacial score (nSPS) is 26.5. The number of esters is 1. The van der Waals surface area contributed by atoms with Crippen LogP contribution in [0.15, 0.2) is 72.8 Å². The standard InChI is InChI=1S/C33H27Cl4NO5/c1-17(2)27(31(42)43-24(15-16-34)28(39)18-11-13-19(35)14-12-18)38-29(40)25-26(30(38)41)33(37)21-8-4-3-7-20(21)32(25,36)22-9-5-6-10-23(22)33/h3-14,17,24-27H,15-16H2,1-2H3/t24-,25-,26+,27-,32?,33?/m0/s1. The second-order valence-corrected chi connectivity index (χ2v) is 13.5. The summed E-state index contributed by atoms with van der Waals surface area (Å²) in [6.07, 6.45) is -1.20. The van der Waals surface area contributed by atoms with Gasteiger partial charge in [0.15, 0.2) is 6.10 Å². The van der Waals surface area contributed by atoms with Crippen LogP contribution in [0.25, 0.3) is 0 Å². The SMILES string of the molecule is CC(C)[C@@H](C(=O)O[C@@H](CCCl)C(=O)c1ccc(Cl)cc1)N1C(=O)[C@@H]2[C@H](C1=O)C1(Cl)c3ccccc3C2(Cl)c2ccccc21. The molecule has 43 heavy (non-hydrogen) atoms. The number of ketones is 1. The van der Waals surface area contributed by atoms with E-state index in [1.54, 1.807) is 26.0 Å². The van der Waals surface area contributed by atoms with E-state index in [-0.39, 0.29) is 17.9 Å². The molecule has 3 aromatic rings. The number of Topliss-reactive ketones (excluding diaryl/α,β-unsaturated/α-hetero) is 1. The van der Waals surface area contributed by atoms with Gasteiger partial charge in [-0.15, -0.1) is 34.8 Å². The van der Waals surface area contributed by atoms with Gasteiger partial charge in [-0.2, -0.15) is 0 Å². The van der Waals surface area contributed by atoms with Crippen molar-refractivity contribution in [2.75, 3.05) is 5.88 Å². The number of amides is 2. The maximum absolute atomic E-state index is 14.4. The zero-order valence-electron chi connectivity index (χ0n) is 23.2. The minimum atomic E-state index is -1.38. The van der Waals surface area contributed by atoms with Crippen LogP contribution in [0.3, 0.4) is 0 Å². The number of hydrogen-bond acceptors (Lipinski definition) is 5. The summed E-state index contributed by atoms with van der Waals surface area (Å²) in [5, 5.41) is 0.447. The Labute approximate surface area is 269 Å². The molecule has 7 rings (SSSR count). The Morgan fingerprint density at radius 2 is 1.26 bits per heavy atom. The first kappa shape index (κ1) is 30.1. The molecule has 1 heterocycles. The van der Waals surface area contributed by atoms with Gasteiger partial charge in [0.2, 0.25) is 17.6 Å². The van der Waals surface area contributed by atoms with Crippen molar-refractivity contribution in [1.82, 2.24) is 4.90 Å². The molecule has 1 saturated heterocycles. The third-order valence-corrected chi connectivity index (χ3v) is 10.6. The summed E-state index contributed by atoms with van der Waals surface area (Å²) in [5.74, 6) is -5.20. The lowest BCUT2D eigenvalue weighted by atomic mass is 9.54. The smallest absolute Gasteiger partial charge is 0.330 e. The molecular formula is C33H27Cl4NO5. The highest BCUT2D eigenvalue weighted by Gasteiger charge is 2.74. The number of imide groups is 1. The molecule has 6 nitrogen and oxygen atoms in total. The summed E-state index contributed by atoms with van der Waals surface area (Å²) in [6, 6.07) is 19.5. The van der Waals surface area contributed by atoms with Gasteiger partial charge < -0.3 is 4.74 Å². The van der Waals surface area contributed by atoms with Gasteiger partial charge >= 0.3 is 5.97 Å². The Kier molecular flexibility index (Phi) is 7.65. The number of carbonyl (C=O) groups excluding carboxylic acids is 4. The number of ether oxygens (including phenoxy) is 1. The number of likely N-dealkylation sites (tertiary alicyclic amines) is 1. The molecule has 222 valence electrons. The number of hydrogen-bond donors (Lipinski definition) is 0. The van der Waals surface area contributed by atoms with Gasteiger partial charge in [0.1, 0.15) is 15.8 Å². The number of alkyl halides is 3. The predicted molar refractivity (Wildman–Crippen MR) is 165 cm³/mol. The monoisotopic (exact) mass is 657 g/mol. The van der Waals surface area contributed by atoms with Gasteiger partial charge in [0.25, 0.3) is 0 Å². The van der Waals surface area contributed by atoms with Crippen LogP contribution in [0, 0.1) is 17.8 Å². The van der Waals surface area contributed by atoms with Crippen molar-refractivity contribution in [3.8, 4) is 0 Å². The van der Waals surface area contributed by atoms with Crippen molar-refractivity contribution >= 4 is 70.0 Å². The molecule has 1 fully saturated rings. The molecule has 2 amide bonds. The molecule has 2 bridgehead atoms. The summed E-state index contributed by atoms with van der Waals surface area (Å²) in [7, 11) is 0. The first-order valence-electron chi connectivity index (χ1n) is 14.0. The lowest BCUT2D eigenvalue weighted by molar-refractivity contribution is -0.163. The maximum atomic E-state index is 14.4. The highest BCUT2D eigenvalue weighted by Crippen LogP contribution is 2.69. The van der Waals surface area contributed by atoms with E-state index in [1.807, 2.05) is 48.5 Å². The van der Waals surface area contributed by atoms with E-state index in [0.717, 1.165) is 4.90 Å². The van der Waals surface area contributed by atoms with E-state index >= 15 is 0 Å². The molecule has 0 N–H and O–H groups in total. The first-order chi connectivity index (χ1) is 20.5. The summed E-state index contributed by atoms with van der Waals surface area (Å²) in [4.78, 5) is 54.2. The van der Waals surface area contributed by atoms with E-state index in [0.29, 0.717) is 27.3 Å². The summed E-state index contributed by atoms with van der Waals surface area (Å²) < 4.78 is 5.75. The molecule has 1 aliphatic heterocycles. The van der Waals surface area contributed by atoms with Gasteiger partial charge in [-0.3, -0.25) is 19.3 Å². The lowest BCUT2D eigenvalue weighted by Crippen LogP contribution is -2.57. The third-order valence-electron chi connectivity index (χ3n) is 8.82. The molecule has 4 aliphatic rings. The Bertz CT molecular complexity index is 1530. The highest BCUT2D eigenvalue weighted by atomic mass is 35.5. The summed E-state index contributed by atoms with van der Waals surface area (Å²) in [5.41, 5.74) is 2.93. The van der Waals surface area contributed by atoms with Crippen LogP contribution in [0.2, 0.25) is 5.02 Å². The van der Waals surface area contributed by atoms with E-state index in [9.17, 15) is 19.2 Å². The second kappa shape index (κ2) is 10.9. The number of carbonyl (C=O) groups is 4. The molecule has 0 radical (unpaired) electrons. The minimum absolute atomic E-state index is 0.0346. The van der Waals surface area contributed by atoms with Crippen LogP contribution >= 0.6 is 46.4 Å². The fraction of sp³-hybridized carbons (Fsp3) is 0.333. The van der Waals surface area contributed by atoms with Crippen LogP contribution < -0.4 is 0 Å². The summed E-state index contributed by atoms with van der Waals surface area (Å²) in [6.45, 7) is 3.41. The fourth-order valence-corrected chi connectivity index (χ4v) is 8.41. The van der Waals surface area contributed by atoms with Crippen molar-refractivity contribution in [3.63, 3.8) is 0 Å². The fourth-order valence-electron chi connectivity index (χ4n) is 6.99. The average molecular weight is 659 g/mol. The Morgan fingerprint density at radius 1 is 0.814 bits per heavy atom. The zero-order valence-corrected chi connectivity index (χ0v) is 26.3. The Balaban J connectivity index is 1.39. The topological polar surface area (TPSA) is 80.8 Å². The second-order valence-electron chi connectivity index (χ2n) is 11.5. The molecule has 4 atom stereocenters. The Morgan fingerprint density at radius 3 is 1.65 bits per heavy atom. The molecule has 0 aromatic heterocycles. The molecule has 0 spiro atoms. The van der Waals surface area contributed by atoms with E-state index in [4.69, 9.17) is 51.1 Å². The quantitative estimate of drug-likeness (QED) is 0.117. The van der Waals surface area contributed by atoms with E-state index < -0.39 is 63.2 Å². The number of halogens is 4. The van der Waals surface area contributed by atoms with Crippen molar-refractivity contribution < 1.29 is 23.9 Å². The highest BCUT2D eigenvalue weighted by molar-refractivity contribution is 6.36. The molecular weight excluding hydrogens is 632 g/mol. The van der Waals surface area contributed by atoms with Gasteiger partial charge in [0, 0.05) is 22.9 Å². The van der Waals surface area contributed by atoms with Crippen LogP contribution in [0.4, 0.5) is 0 Å². The van der Waals surface area contributed by atoms with Gasteiger partial charge in [-0.05, 0) is 52.4 Å². The van der Waals surface area contributed by atoms with Crippen LogP contribution in [-0.4, -0.2) is 46.5 Å². The van der Waals surface area contributed by atoms with Crippen molar-refractivity contribution in [2.45, 2.75) is 42.2 Å². The number of benzene rings is 3. The summed E-state index contributed by atoms with van der Waals surface area (Å²) >= 11 is 27.0. The lowest BCUT2D eigenvalue weighted by Gasteiger charge is -2.54. The van der Waals surface area contributed by atoms with Crippen molar-refractivity contribution in [1.29, 1.82) is 0 Å². The van der Waals surface area contributed by atoms with Gasteiger partial charge in [-0.25, -0.2) is 4.79 Å². The van der Waals surface area contributed by atoms with Crippen molar-refractivity contribution in [2.24, 2.45) is 17.8 Å². The van der Waals surface area contributed by atoms with Gasteiger partial charge in [-0.1, -0.05) is 74.0 Å². The zero-order chi connectivity index (χ0) is 30.8. The number of nitrogens with zero attached hydrogens (tertiary/aromatic N) is 1. The average Bonchev–Trinajstić information content (AvgIpc) is 3.26. The molecule has 10 heteroatoms. The van der Waals surface area contributed by atoms with E-state index in [2.05, 4.69) is 0 Å². The minimum Gasteiger partial charge on any atom is -0.452 e. The van der Waals surface area contributed by atoms with Crippen LogP contribution in [-0.2, 0) is 28.9 Å². The predicted octanol–water partition coefficient (Wildman–Crippen LogP) is 6.68. The molecule has 3 aromatic carbocycles. The third kappa shape index (κ3) is 4.28. The van der Waals surface area contributed by atoms with Gasteiger partial charge in [0.05, 0.1) is 11.8 Å². The Hall–Kier alpha value is -2.90. The maximum Gasteiger partial charge on any atom is 0.330 e. The van der Waals surface area contributed by atoms with Crippen molar-refractivity contribution in [3.05, 3.63) is 106 Å².